The van der Waals surface area contributed by atoms with E-state index in [0.717, 1.165) is 154 Å². The molecule has 0 rings (SSSR count). The van der Waals surface area contributed by atoms with Gasteiger partial charge in [-0.05, 0) is 141 Å². The molecule has 0 spiro atoms. The second kappa shape index (κ2) is 67.1. The van der Waals surface area contributed by atoms with Crippen LogP contribution in [0.3, 0.4) is 0 Å². The van der Waals surface area contributed by atoms with Crippen molar-refractivity contribution in [2.45, 2.75) is 303 Å². The van der Waals surface area contributed by atoms with E-state index >= 15 is 0 Å². The number of esters is 3. The van der Waals surface area contributed by atoms with Crippen molar-refractivity contribution in [3.63, 3.8) is 0 Å². The van der Waals surface area contributed by atoms with E-state index < -0.39 is 6.10 Å². The Labute approximate surface area is 494 Å². The molecule has 0 aliphatic rings. The maximum absolute atomic E-state index is 12.9. The van der Waals surface area contributed by atoms with Crippen LogP contribution >= 0.6 is 0 Å². The Morgan fingerprint density at radius 2 is 0.487 bits per heavy atom. The SMILES string of the molecule is CC/C=C\C/C=C\C/C=C\C/C=C\C/C=C\C/C=C\CCCCCCC(=O)OCC(COC(=O)CCCCCCC/C=C\C/C=C\CCCCCC)OC(=O)CCCCCCCCCC/C=C\C/C=C\C/C=C\CCCCCCC. The summed E-state index contributed by atoms with van der Waals surface area (Å²) in [6, 6.07) is 0. The molecule has 6 heteroatoms. The van der Waals surface area contributed by atoms with Crippen molar-refractivity contribution in [2.75, 3.05) is 13.2 Å². The van der Waals surface area contributed by atoms with Crippen LogP contribution in [0.2, 0.25) is 0 Å². The van der Waals surface area contributed by atoms with Crippen molar-refractivity contribution >= 4 is 17.9 Å². The summed E-state index contributed by atoms with van der Waals surface area (Å²) < 4.78 is 16.9. The number of rotatable bonds is 59. The molecular weight excluding hydrogens is 985 g/mol. The summed E-state index contributed by atoms with van der Waals surface area (Å²) in [4.78, 5) is 38.4. The summed E-state index contributed by atoms with van der Waals surface area (Å²) >= 11 is 0. The van der Waals surface area contributed by atoms with Gasteiger partial charge in [-0.15, -0.1) is 0 Å². The molecule has 0 aliphatic carbocycles. The van der Waals surface area contributed by atoms with Crippen LogP contribution in [0.4, 0.5) is 0 Å². The van der Waals surface area contributed by atoms with Gasteiger partial charge in [0.2, 0.25) is 0 Å². The van der Waals surface area contributed by atoms with Crippen LogP contribution in [0.1, 0.15) is 297 Å². The highest BCUT2D eigenvalue weighted by atomic mass is 16.6. The molecule has 80 heavy (non-hydrogen) atoms. The molecule has 0 heterocycles. The number of ether oxygens (including phenoxy) is 3. The summed E-state index contributed by atoms with van der Waals surface area (Å²) in [6.07, 6.45) is 94.5. The van der Waals surface area contributed by atoms with Gasteiger partial charge in [0.1, 0.15) is 13.2 Å². The number of carbonyl (C=O) groups excluding carboxylic acids is 3. The van der Waals surface area contributed by atoms with E-state index in [-0.39, 0.29) is 31.1 Å². The second-order valence-electron chi connectivity index (χ2n) is 21.6. The van der Waals surface area contributed by atoms with E-state index in [1.165, 1.54) is 103 Å². The molecule has 0 aliphatic heterocycles. The normalized spacial score (nSPS) is 13.0. The van der Waals surface area contributed by atoms with Crippen molar-refractivity contribution in [2.24, 2.45) is 0 Å². The second-order valence-corrected chi connectivity index (χ2v) is 21.6. The fourth-order valence-corrected chi connectivity index (χ4v) is 8.89. The standard InChI is InChI=1S/C74H122O6/c1-4-7-10-13-16-19-22-25-28-31-33-35-37-39-41-43-46-49-52-55-58-61-64-67-73(76)79-70-71(69-78-72(75)66-63-60-57-54-51-48-45-30-27-24-21-18-15-12-9-6-3)80-74(77)68-65-62-59-56-53-50-47-44-42-40-38-36-34-32-29-26-23-20-17-14-11-8-5-2/h7,10,16,19,21,23-26,28,30,32-35,38-41,45-46,49,71H,4-6,8-9,11-15,17-18,20,22,27,29,31,36-37,42-44,47-48,50-70H2,1-3H3/b10-7-,19-16-,24-21-,26-23-,28-25-,34-32-,35-33-,40-38-,41-39-,45-30-,49-46-. The Balaban J connectivity index is 4.48. The zero-order valence-corrected chi connectivity index (χ0v) is 52.0. The minimum atomic E-state index is -0.806. The molecule has 0 fully saturated rings. The first-order chi connectivity index (χ1) is 39.5. The Kier molecular flexibility index (Phi) is 63.3. The van der Waals surface area contributed by atoms with Gasteiger partial charge >= 0.3 is 17.9 Å². The largest absolute Gasteiger partial charge is 0.462 e. The first kappa shape index (κ1) is 75.5. The Hall–Kier alpha value is -4.45. The highest BCUT2D eigenvalue weighted by Crippen LogP contribution is 2.15. The number of allylic oxidation sites excluding steroid dienone is 22. The predicted octanol–water partition coefficient (Wildman–Crippen LogP) is 22.9. The molecule has 0 aromatic rings. The molecule has 0 N–H and O–H groups in total. The van der Waals surface area contributed by atoms with E-state index in [0.29, 0.717) is 19.3 Å². The van der Waals surface area contributed by atoms with Crippen LogP contribution in [0, 0.1) is 0 Å². The van der Waals surface area contributed by atoms with Crippen molar-refractivity contribution in [3.05, 3.63) is 134 Å². The minimum Gasteiger partial charge on any atom is -0.462 e. The maximum Gasteiger partial charge on any atom is 0.306 e. The van der Waals surface area contributed by atoms with Crippen LogP contribution in [0.15, 0.2) is 134 Å². The zero-order valence-electron chi connectivity index (χ0n) is 52.0. The molecule has 0 aromatic carbocycles. The third-order valence-corrected chi connectivity index (χ3v) is 13.9. The highest BCUT2D eigenvalue weighted by molar-refractivity contribution is 5.71. The zero-order chi connectivity index (χ0) is 57.8. The van der Waals surface area contributed by atoms with Gasteiger partial charge in [0.25, 0.3) is 0 Å². The fraction of sp³-hybridized carbons (Fsp3) is 0.662. The molecule has 1 atom stereocenters. The molecule has 0 saturated carbocycles. The van der Waals surface area contributed by atoms with Gasteiger partial charge in [0.15, 0.2) is 6.10 Å². The lowest BCUT2D eigenvalue weighted by Gasteiger charge is -2.18. The molecule has 0 aromatic heterocycles. The summed E-state index contributed by atoms with van der Waals surface area (Å²) in [5, 5.41) is 0. The first-order valence-electron chi connectivity index (χ1n) is 33.2. The average Bonchev–Trinajstić information content (AvgIpc) is 3.46. The van der Waals surface area contributed by atoms with Gasteiger partial charge < -0.3 is 14.2 Å². The van der Waals surface area contributed by atoms with Crippen LogP contribution in [-0.2, 0) is 28.6 Å². The number of carbonyl (C=O) groups is 3. The molecule has 6 nitrogen and oxygen atoms in total. The van der Waals surface area contributed by atoms with E-state index in [4.69, 9.17) is 14.2 Å². The van der Waals surface area contributed by atoms with E-state index in [1.54, 1.807) is 0 Å². The van der Waals surface area contributed by atoms with Crippen LogP contribution in [0.5, 0.6) is 0 Å². The highest BCUT2D eigenvalue weighted by Gasteiger charge is 2.19. The fourth-order valence-electron chi connectivity index (χ4n) is 8.89. The molecule has 1 unspecified atom stereocenters. The smallest absolute Gasteiger partial charge is 0.306 e. The topological polar surface area (TPSA) is 78.9 Å². The predicted molar refractivity (Wildman–Crippen MR) is 348 cm³/mol. The third-order valence-electron chi connectivity index (χ3n) is 13.9. The number of hydrogen-bond donors (Lipinski definition) is 0. The Morgan fingerprint density at radius 1 is 0.263 bits per heavy atom. The van der Waals surface area contributed by atoms with Crippen LogP contribution in [0.25, 0.3) is 0 Å². The van der Waals surface area contributed by atoms with Gasteiger partial charge in [0.05, 0.1) is 0 Å². The van der Waals surface area contributed by atoms with Gasteiger partial charge in [0, 0.05) is 19.3 Å². The Morgan fingerprint density at radius 3 is 0.775 bits per heavy atom. The lowest BCUT2D eigenvalue weighted by atomic mass is 10.1. The minimum absolute atomic E-state index is 0.100. The summed E-state index contributed by atoms with van der Waals surface area (Å²) in [7, 11) is 0. The monoisotopic (exact) mass is 1110 g/mol. The van der Waals surface area contributed by atoms with Gasteiger partial charge in [-0.25, -0.2) is 0 Å². The van der Waals surface area contributed by atoms with Gasteiger partial charge in [-0.3, -0.25) is 14.4 Å². The number of unbranched alkanes of at least 4 members (excludes halogenated alkanes) is 26. The van der Waals surface area contributed by atoms with E-state index in [1.807, 2.05) is 0 Å². The molecule has 0 saturated heterocycles. The van der Waals surface area contributed by atoms with Gasteiger partial charge in [-0.1, -0.05) is 270 Å². The van der Waals surface area contributed by atoms with Gasteiger partial charge in [-0.2, -0.15) is 0 Å². The van der Waals surface area contributed by atoms with E-state index in [2.05, 4.69) is 154 Å². The van der Waals surface area contributed by atoms with Crippen LogP contribution < -0.4 is 0 Å². The average molecular weight is 1110 g/mol. The summed E-state index contributed by atoms with van der Waals surface area (Å²) in [5.74, 6) is -0.942. The molecule has 0 amide bonds. The summed E-state index contributed by atoms with van der Waals surface area (Å²) in [6.45, 7) is 6.47. The molecular formula is C74H122O6. The Bertz CT molecular complexity index is 1700. The summed E-state index contributed by atoms with van der Waals surface area (Å²) in [5.41, 5.74) is 0. The maximum atomic E-state index is 12.9. The molecule has 0 bridgehead atoms. The van der Waals surface area contributed by atoms with E-state index in [9.17, 15) is 14.4 Å². The van der Waals surface area contributed by atoms with Crippen molar-refractivity contribution in [1.82, 2.24) is 0 Å². The lowest BCUT2D eigenvalue weighted by molar-refractivity contribution is -0.167. The van der Waals surface area contributed by atoms with Crippen molar-refractivity contribution in [3.8, 4) is 0 Å². The van der Waals surface area contributed by atoms with Crippen LogP contribution in [-0.4, -0.2) is 37.2 Å². The van der Waals surface area contributed by atoms with Crippen molar-refractivity contribution < 1.29 is 28.6 Å². The first-order valence-corrected chi connectivity index (χ1v) is 33.2. The number of hydrogen-bond acceptors (Lipinski definition) is 6. The lowest BCUT2D eigenvalue weighted by Crippen LogP contribution is -2.30. The molecule has 0 radical (unpaired) electrons. The van der Waals surface area contributed by atoms with Crippen molar-refractivity contribution in [1.29, 1.82) is 0 Å². The quantitative estimate of drug-likeness (QED) is 0.0261. The third kappa shape index (κ3) is 64.4. The molecule has 454 valence electrons.